The third kappa shape index (κ3) is 5.66. The van der Waals surface area contributed by atoms with Crippen LogP contribution in [0.2, 0.25) is 5.02 Å². The van der Waals surface area contributed by atoms with E-state index in [0.29, 0.717) is 11.0 Å². The Balaban J connectivity index is 0.000000284. The van der Waals surface area contributed by atoms with Crippen molar-refractivity contribution in [1.29, 1.82) is 0 Å². The van der Waals surface area contributed by atoms with Gasteiger partial charge in [-0.1, -0.05) is 43.1 Å². The summed E-state index contributed by atoms with van der Waals surface area (Å²) in [6.45, 7) is 9.79. The molecule has 0 saturated carbocycles. The van der Waals surface area contributed by atoms with Crippen molar-refractivity contribution in [2.45, 2.75) is 40.8 Å². The van der Waals surface area contributed by atoms with E-state index in [1.165, 1.54) is 11.8 Å². The molecule has 1 unspecified atom stereocenters. The van der Waals surface area contributed by atoms with Crippen molar-refractivity contribution in [2.75, 3.05) is 0 Å². The number of aryl methyl sites for hydroxylation is 3. The molecule has 1 aromatic carbocycles. The number of aliphatic hydroxyl groups excluding tert-OH is 1. The lowest BCUT2D eigenvalue weighted by atomic mass is 10.1. The molecule has 0 bridgehead atoms. The van der Waals surface area contributed by atoms with Gasteiger partial charge in [-0.2, -0.15) is 0 Å². The lowest BCUT2D eigenvalue weighted by Crippen LogP contribution is -2.20. The smallest absolute Gasteiger partial charge is 0.198 e. The summed E-state index contributed by atoms with van der Waals surface area (Å²) in [7, 11) is 0. The van der Waals surface area contributed by atoms with Crippen LogP contribution in [0.3, 0.4) is 0 Å². The third-order valence-electron chi connectivity index (χ3n) is 3.67. The van der Waals surface area contributed by atoms with Crippen molar-refractivity contribution in [3.05, 3.63) is 74.2 Å². The summed E-state index contributed by atoms with van der Waals surface area (Å²) in [5.74, 6) is 0. The Bertz CT molecular complexity index is 882. The highest BCUT2D eigenvalue weighted by Gasteiger charge is 2.11. The topological polar surface area (TPSA) is 92.0 Å². The second kappa shape index (κ2) is 10.1. The molecule has 4 N–H and O–H groups in total. The number of nitrogens with two attached hydrogens (primary N) is 1. The van der Waals surface area contributed by atoms with Gasteiger partial charge in [0.15, 0.2) is 5.43 Å². The van der Waals surface area contributed by atoms with Crippen LogP contribution in [0.25, 0.3) is 11.0 Å². The summed E-state index contributed by atoms with van der Waals surface area (Å²) >= 11 is 5.61. The zero-order valence-corrected chi connectivity index (χ0v) is 16.6. The normalized spacial score (nSPS) is 11.1. The number of hydrogen-bond acceptors (Lipinski definition) is 4. The molecule has 2 heterocycles. The standard InChI is InChI=1S/C11H13N3O2.C7H7Cl.C2H6/c1-5-3-7-9(15)8(10(12)16)4-13-11(7)14-6(5)2;1-6-2-4-7(8)5-3-6;1-2/h3-4,10,16H,12H2,1-2H3,(H,13,14,15);2-5H,1H3;1-2H3. The van der Waals surface area contributed by atoms with Gasteiger partial charge in [-0.15, -0.1) is 0 Å². The summed E-state index contributed by atoms with van der Waals surface area (Å²) in [4.78, 5) is 19.1. The SMILES string of the molecule is CC.Cc1cc2c(=O)c(C(N)O)c[nH]c2nc1C.Cc1ccc(Cl)cc1. The Hall–Kier alpha value is -2.21. The number of H-pyrrole nitrogens is 1. The van der Waals surface area contributed by atoms with Crippen LogP contribution in [-0.2, 0) is 0 Å². The van der Waals surface area contributed by atoms with Gasteiger partial charge >= 0.3 is 0 Å². The van der Waals surface area contributed by atoms with E-state index in [-0.39, 0.29) is 11.0 Å². The molecule has 140 valence electrons. The Morgan fingerprint density at radius 3 is 2.23 bits per heavy atom. The van der Waals surface area contributed by atoms with E-state index >= 15 is 0 Å². The maximum atomic E-state index is 11.9. The highest BCUT2D eigenvalue weighted by Crippen LogP contribution is 2.12. The summed E-state index contributed by atoms with van der Waals surface area (Å²) in [6, 6.07) is 9.50. The molecule has 0 aliphatic rings. The molecule has 0 saturated heterocycles. The molecule has 5 nitrogen and oxygen atoms in total. The number of nitrogens with zero attached hydrogens (tertiary/aromatic N) is 1. The fourth-order valence-corrected chi connectivity index (χ4v) is 2.23. The van der Waals surface area contributed by atoms with E-state index in [1.807, 2.05) is 58.9 Å². The zero-order valence-electron chi connectivity index (χ0n) is 15.8. The van der Waals surface area contributed by atoms with Gasteiger partial charge in [0.2, 0.25) is 0 Å². The van der Waals surface area contributed by atoms with Gasteiger partial charge < -0.3 is 15.8 Å². The predicted octanol–water partition coefficient (Wildman–Crippen LogP) is 4.16. The number of aliphatic hydroxyl groups is 1. The molecule has 6 heteroatoms. The van der Waals surface area contributed by atoms with E-state index < -0.39 is 6.23 Å². The lowest BCUT2D eigenvalue weighted by molar-refractivity contribution is 0.185. The highest BCUT2D eigenvalue weighted by molar-refractivity contribution is 6.30. The Labute approximate surface area is 158 Å². The molecular formula is C20H26ClN3O2. The van der Waals surface area contributed by atoms with Crippen LogP contribution >= 0.6 is 11.6 Å². The van der Waals surface area contributed by atoms with Gasteiger partial charge in [-0.05, 0) is 44.5 Å². The molecule has 2 aromatic heterocycles. The third-order valence-corrected chi connectivity index (χ3v) is 3.92. The number of halogens is 1. The molecule has 26 heavy (non-hydrogen) atoms. The van der Waals surface area contributed by atoms with Crippen LogP contribution in [-0.4, -0.2) is 15.1 Å². The number of aromatic amines is 1. The number of fused-ring (bicyclic) bond motifs is 1. The van der Waals surface area contributed by atoms with Crippen LogP contribution in [0.4, 0.5) is 0 Å². The maximum Gasteiger partial charge on any atom is 0.198 e. The average Bonchev–Trinajstić information content (AvgIpc) is 2.61. The highest BCUT2D eigenvalue weighted by atomic mass is 35.5. The number of hydrogen-bond donors (Lipinski definition) is 3. The minimum absolute atomic E-state index is 0.151. The van der Waals surface area contributed by atoms with Gasteiger partial charge in [-0.25, -0.2) is 4.98 Å². The average molecular weight is 376 g/mol. The van der Waals surface area contributed by atoms with Gasteiger partial charge in [-0.3, -0.25) is 4.79 Å². The minimum atomic E-state index is -1.27. The number of aromatic nitrogens is 2. The number of rotatable bonds is 1. The fraction of sp³-hybridized carbons (Fsp3) is 0.300. The van der Waals surface area contributed by atoms with Crippen LogP contribution in [0, 0.1) is 20.8 Å². The van der Waals surface area contributed by atoms with E-state index in [1.54, 1.807) is 6.07 Å². The van der Waals surface area contributed by atoms with Gasteiger partial charge in [0, 0.05) is 16.9 Å². The molecule has 3 aromatic rings. The molecule has 1 atom stereocenters. The maximum absolute atomic E-state index is 11.9. The summed E-state index contributed by atoms with van der Waals surface area (Å²) < 4.78 is 0. The van der Waals surface area contributed by atoms with Crippen molar-refractivity contribution < 1.29 is 5.11 Å². The van der Waals surface area contributed by atoms with E-state index in [0.717, 1.165) is 16.3 Å². The molecule has 0 amide bonds. The van der Waals surface area contributed by atoms with Gasteiger partial charge in [0.05, 0.1) is 10.9 Å². The Morgan fingerprint density at radius 1 is 1.15 bits per heavy atom. The number of benzene rings is 1. The first kappa shape index (κ1) is 21.8. The lowest BCUT2D eigenvalue weighted by Gasteiger charge is -2.07. The monoisotopic (exact) mass is 375 g/mol. The first-order chi connectivity index (χ1) is 12.3. The van der Waals surface area contributed by atoms with Crippen molar-refractivity contribution in [1.82, 2.24) is 9.97 Å². The molecule has 0 fully saturated rings. The van der Waals surface area contributed by atoms with Crippen LogP contribution in [0.1, 0.15) is 42.5 Å². The van der Waals surface area contributed by atoms with Crippen LogP contribution in [0.15, 0.2) is 41.3 Å². The summed E-state index contributed by atoms with van der Waals surface area (Å²) in [5, 5.41) is 10.5. The van der Waals surface area contributed by atoms with Crippen LogP contribution in [0.5, 0.6) is 0 Å². The van der Waals surface area contributed by atoms with Gasteiger partial charge in [0.1, 0.15) is 11.9 Å². The second-order valence-corrected chi connectivity index (χ2v) is 6.04. The Morgan fingerprint density at radius 2 is 1.73 bits per heavy atom. The van der Waals surface area contributed by atoms with E-state index in [2.05, 4.69) is 9.97 Å². The van der Waals surface area contributed by atoms with Crippen molar-refractivity contribution in [3.8, 4) is 0 Å². The molecule has 0 radical (unpaired) electrons. The van der Waals surface area contributed by atoms with E-state index in [4.69, 9.17) is 17.3 Å². The Kier molecular flexibility index (Phi) is 8.45. The summed E-state index contributed by atoms with van der Waals surface area (Å²) in [5.41, 5.74) is 8.71. The van der Waals surface area contributed by atoms with E-state index in [9.17, 15) is 9.90 Å². The molecular weight excluding hydrogens is 350 g/mol. The molecule has 0 spiro atoms. The number of pyridine rings is 2. The number of nitrogens with one attached hydrogen (secondary N) is 1. The van der Waals surface area contributed by atoms with Gasteiger partial charge in [0.25, 0.3) is 0 Å². The molecule has 0 aliphatic heterocycles. The van der Waals surface area contributed by atoms with Crippen molar-refractivity contribution in [2.24, 2.45) is 5.73 Å². The first-order valence-electron chi connectivity index (χ1n) is 8.45. The summed E-state index contributed by atoms with van der Waals surface area (Å²) in [6.07, 6.45) is 0.131. The minimum Gasteiger partial charge on any atom is -0.374 e. The fourth-order valence-electron chi connectivity index (χ4n) is 2.11. The second-order valence-electron chi connectivity index (χ2n) is 5.60. The van der Waals surface area contributed by atoms with Crippen LogP contribution < -0.4 is 11.2 Å². The largest absolute Gasteiger partial charge is 0.374 e. The molecule has 0 aliphatic carbocycles. The zero-order chi connectivity index (χ0) is 19.9. The van der Waals surface area contributed by atoms with Crippen molar-refractivity contribution in [3.63, 3.8) is 0 Å². The quantitative estimate of drug-likeness (QED) is 0.557. The predicted molar refractivity (Wildman–Crippen MR) is 109 cm³/mol. The molecule has 3 rings (SSSR count). The first-order valence-corrected chi connectivity index (χ1v) is 8.82. The van der Waals surface area contributed by atoms with Crippen molar-refractivity contribution >= 4 is 22.6 Å².